The normalized spacial score (nSPS) is 11.6. The number of esters is 1. The minimum atomic E-state index is -0.632. The molecule has 18 heavy (non-hydrogen) atoms. The van der Waals surface area contributed by atoms with Gasteiger partial charge in [0.15, 0.2) is 11.6 Å². The Kier molecular flexibility index (Phi) is 4.48. The first-order valence-corrected chi connectivity index (χ1v) is 5.52. The van der Waals surface area contributed by atoms with E-state index in [-0.39, 0.29) is 5.75 Å². The molecule has 98 valence electrons. The third-order valence-corrected chi connectivity index (χ3v) is 2.71. The van der Waals surface area contributed by atoms with Crippen molar-refractivity contribution < 1.29 is 18.7 Å². The molecule has 0 spiro atoms. The Labute approximate surface area is 106 Å². The monoisotopic (exact) mass is 252 g/mol. The third kappa shape index (κ3) is 3.09. The SMILES string of the molecule is COC(=O)/C=C/C(C)(C)c1cccc(OC)c1F. The molecule has 3 nitrogen and oxygen atoms in total. The molecule has 0 amide bonds. The summed E-state index contributed by atoms with van der Waals surface area (Å²) in [6.07, 6.45) is 2.90. The molecule has 0 aliphatic carbocycles. The van der Waals surface area contributed by atoms with Crippen molar-refractivity contribution in [2.75, 3.05) is 14.2 Å². The zero-order chi connectivity index (χ0) is 13.8. The van der Waals surface area contributed by atoms with Crippen LogP contribution >= 0.6 is 0 Å². The van der Waals surface area contributed by atoms with Crippen LogP contribution in [0.15, 0.2) is 30.4 Å². The predicted octanol–water partition coefficient (Wildman–Crippen LogP) is 2.84. The van der Waals surface area contributed by atoms with Gasteiger partial charge in [0.25, 0.3) is 0 Å². The fraction of sp³-hybridized carbons (Fsp3) is 0.357. The highest BCUT2D eigenvalue weighted by atomic mass is 19.1. The molecule has 0 aliphatic heterocycles. The lowest BCUT2D eigenvalue weighted by atomic mass is 9.84. The largest absolute Gasteiger partial charge is 0.494 e. The molecule has 0 fully saturated rings. The van der Waals surface area contributed by atoms with Crippen molar-refractivity contribution in [3.63, 3.8) is 0 Å². The summed E-state index contributed by atoms with van der Waals surface area (Å²) in [6.45, 7) is 3.62. The quantitative estimate of drug-likeness (QED) is 0.610. The second kappa shape index (κ2) is 5.67. The van der Waals surface area contributed by atoms with Crippen molar-refractivity contribution in [1.82, 2.24) is 0 Å². The minimum absolute atomic E-state index is 0.187. The lowest BCUT2D eigenvalue weighted by Gasteiger charge is -2.22. The number of halogens is 1. The maximum Gasteiger partial charge on any atom is 0.330 e. The third-order valence-electron chi connectivity index (χ3n) is 2.71. The highest BCUT2D eigenvalue weighted by Crippen LogP contribution is 2.31. The molecule has 1 aromatic rings. The van der Waals surface area contributed by atoms with Crippen LogP contribution in [0.4, 0.5) is 4.39 Å². The Morgan fingerprint density at radius 2 is 2.00 bits per heavy atom. The fourth-order valence-corrected chi connectivity index (χ4v) is 1.60. The molecule has 0 radical (unpaired) electrons. The number of rotatable bonds is 4. The zero-order valence-corrected chi connectivity index (χ0v) is 11.0. The van der Waals surface area contributed by atoms with Crippen LogP contribution in [0.25, 0.3) is 0 Å². The second-order valence-corrected chi connectivity index (χ2v) is 4.40. The Bertz CT molecular complexity index is 464. The van der Waals surface area contributed by atoms with Gasteiger partial charge in [-0.05, 0) is 6.07 Å². The van der Waals surface area contributed by atoms with E-state index in [1.807, 2.05) is 13.8 Å². The van der Waals surface area contributed by atoms with Crippen LogP contribution in [0.1, 0.15) is 19.4 Å². The van der Waals surface area contributed by atoms with Crippen LogP contribution in [0.3, 0.4) is 0 Å². The van der Waals surface area contributed by atoms with Crippen LogP contribution in [0, 0.1) is 5.82 Å². The Balaban J connectivity index is 3.12. The highest BCUT2D eigenvalue weighted by Gasteiger charge is 2.23. The standard InChI is InChI=1S/C14H17FO3/c1-14(2,9-8-12(16)18-4)10-6-5-7-11(17-3)13(10)15/h5-9H,1-4H3/b9-8+. The number of carbonyl (C=O) groups excluding carboxylic acids is 1. The van der Waals surface area contributed by atoms with E-state index in [9.17, 15) is 9.18 Å². The van der Waals surface area contributed by atoms with Crippen LogP contribution in [0.5, 0.6) is 5.75 Å². The molecule has 1 rings (SSSR count). The molecule has 0 saturated carbocycles. The number of methoxy groups -OCH3 is 2. The van der Waals surface area contributed by atoms with E-state index in [1.54, 1.807) is 24.3 Å². The van der Waals surface area contributed by atoms with Gasteiger partial charge in [0, 0.05) is 17.1 Å². The number of benzene rings is 1. The lowest BCUT2D eigenvalue weighted by molar-refractivity contribution is -0.134. The maximum absolute atomic E-state index is 14.1. The molecule has 1 aromatic carbocycles. The van der Waals surface area contributed by atoms with Gasteiger partial charge in [-0.3, -0.25) is 0 Å². The average Bonchev–Trinajstić information content (AvgIpc) is 2.36. The van der Waals surface area contributed by atoms with Gasteiger partial charge in [0.1, 0.15) is 0 Å². The molecule has 4 heteroatoms. The molecule has 0 N–H and O–H groups in total. The summed E-state index contributed by atoms with van der Waals surface area (Å²) in [5, 5.41) is 0. The van der Waals surface area contributed by atoms with Gasteiger partial charge in [0.05, 0.1) is 14.2 Å². The number of allylic oxidation sites excluding steroid dienone is 1. The molecule has 0 bridgehead atoms. The van der Waals surface area contributed by atoms with Gasteiger partial charge in [-0.1, -0.05) is 32.1 Å². The van der Waals surface area contributed by atoms with Gasteiger partial charge in [-0.15, -0.1) is 0 Å². The highest BCUT2D eigenvalue weighted by molar-refractivity contribution is 5.82. The van der Waals surface area contributed by atoms with Crippen molar-refractivity contribution in [1.29, 1.82) is 0 Å². The molecule has 0 aliphatic rings. The first-order chi connectivity index (χ1) is 8.42. The molecule has 0 unspecified atom stereocenters. The van der Waals surface area contributed by atoms with Gasteiger partial charge in [-0.2, -0.15) is 0 Å². The second-order valence-electron chi connectivity index (χ2n) is 4.40. The first kappa shape index (κ1) is 14.2. The molecule has 0 heterocycles. The molecule has 0 atom stereocenters. The van der Waals surface area contributed by atoms with E-state index in [2.05, 4.69) is 4.74 Å². The summed E-state index contributed by atoms with van der Waals surface area (Å²) in [5.74, 6) is -0.696. The Morgan fingerprint density at radius 1 is 1.33 bits per heavy atom. The van der Waals surface area contributed by atoms with E-state index in [1.165, 1.54) is 20.3 Å². The summed E-state index contributed by atoms with van der Waals surface area (Å²) in [4.78, 5) is 11.1. The summed E-state index contributed by atoms with van der Waals surface area (Å²) < 4.78 is 23.5. The topological polar surface area (TPSA) is 35.5 Å². The maximum atomic E-state index is 14.1. The van der Waals surface area contributed by atoms with Crippen molar-refractivity contribution >= 4 is 5.97 Å². The molecule has 0 saturated heterocycles. The summed E-state index contributed by atoms with van der Waals surface area (Å²) in [5.41, 5.74) is -0.172. The van der Waals surface area contributed by atoms with Gasteiger partial charge < -0.3 is 9.47 Å². The summed E-state index contributed by atoms with van der Waals surface area (Å²) >= 11 is 0. The van der Waals surface area contributed by atoms with Gasteiger partial charge >= 0.3 is 5.97 Å². The van der Waals surface area contributed by atoms with Crippen LogP contribution < -0.4 is 4.74 Å². The van der Waals surface area contributed by atoms with E-state index in [0.717, 1.165) is 0 Å². The van der Waals surface area contributed by atoms with Gasteiger partial charge in [-0.25, -0.2) is 9.18 Å². The van der Waals surface area contributed by atoms with Crippen LogP contribution in [0.2, 0.25) is 0 Å². The van der Waals surface area contributed by atoms with Crippen LogP contribution in [-0.4, -0.2) is 20.2 Å². The Hall–Kier alpha value is -1.84. The van der Waals surface area contributed by atoms with E-state index in [4.69, 9.17) is 4.74 Å². The minimum Gasteiger partial charge on any atom is -0.494 e. The number of hydrogen-bond donors (Lipinski definition) is 0. The smallest absolute Gasteiger partial charge is 0.330 e. The molecular formula is C14H17FO3. The van der Waals surface area contributed by atoms with Gasteiger partial charge in [0.2, 0.25) is 0 Å². The fourth-order valence-electron chi connectivity index (χ4n) is 1.60. The summed E-state index contributed by atoms with van der Waals surface area (Å²) in [6, 6.07) is 4.93. The molecule has 0 aromatic heterocycles. The van der Waals surface area contributed by atoms with Crippen molar-refractivity contribution in [3.05, 3.63) is 41.7 Å². The van der Waals surface area contributed by atoms with E-state index < -0.39 is 17.2 Å². The predicted molar refractivity (Wildman–Crippen MR) is 67.1 cm³/mol. The summed E-state index contributed by atoms with van der Waals surface area (Å²) in [7, 11) is 2.71. The van der Waals surface area contributed by atoms with E-state index >= 15 is 0 Å². The van der Waals surface area contributed by atoms with Crippen molar-refractivity contribution in [2.45, 2.75) is 19.3 Å². The van der Waals surface area contributed by atoms with Crippen molar-refractivity contribution in [3.8, 4) is 5.75 Å². The first-order valence-electron chi connectivity index (χ1n) is 5.52. The Morgan fingerprint density at radius 3 is 2.56 bits per heavy atom. The molecular weight excluding hydrogens is 235 g/mol. The van der Waals surface area contributed by atoms with Crippen molar-refractivity contribution in [2.24, 2.45) is 0 Å². The average molecular weight is 252 g/mol. The number of carbonyl (C=O) groups is 1. The number of ether oxygens (including phenoxy) is 2. The lowest BCUT2D eigenvalue weighted by Crippen LogP contribution is -2.17. The van der Waals surface area contributed by atoms with E-state index in [0.29, 0.717) is 5.56 Å². The number of hydrogen-bond acceptors (Lipinski definition) is 3. The zero-order valence-electron chi connectivity index (χ0n) is 11.0. The van der Waals surface area contributed by atoms with Crippen LogP contribution in [-0.2, 0) is 14.9 Å².